The molecule has 0 atom stereocenters. The Balaban J connectivity index is 1.73. The zero-order chi connectivity index (χ0) is 13.9. The Bertz CT molecular complexity index is 678. The highest BCUT2D eigenvalue weighted by atomic mass is 32.1. The zero-order valence-corrected chi connectivity index (χ0v) is 11.2. The summed E-state index contributed by atoms with van der Waals surface area (Å²) in [6.07, 6.45) is 3.72. The molecular weight excluding hydrogens is 278 g/mol. The summed E-state index contributed by atoms with van der Waals surface area (Å²) in [5.41, 5.74) is 1.55. The summed E-state index contributed by atoms with van der Waals surface area (Å²) in [4.78, 5) is 14.8. The molecule has 0 fully saturated rings. The lowest BCUT2D eigenvalue weighted by molar-refractivity contribution is -0.136. The van der Waals surface area contributed by atoms with Crippen LogP contribution in [0, 0.1) is 0 Å². The van der Waals surface area contributed by atoms with Gasteiger partial charge in [-0.1, -0.05) is 12.1 Å². The van der Waals surface area contributed by atoms with Gasteiger partial charge in [0.05, 0.1) is 12.1 Å². The van der Waals surface area contributed by atoms with Crippen LogP contribution < -0.4 is 9.47 Å². The van der Waals surface area contributed by atoms with Crippen LogP contribution in [0.1, 0.15) is 16.3 Å². The van der Waals surface area contributed by atoms with E-state index < -0.39 is 5.97 Å². The summed E-state index contributed by atoms with van der Waals surface area (Å²) in [5.74, 6) is 0.611. The summed E-state index contributed by atoms with van der Waals surface area (Å²) < 4.78 is 10.5. The number of fused-ring (bicyclic) bond motifs is 1. The minimum Gasteiger partial charge on any atom is -0.481 e. The SMILES string of the molecule is O=C(O)Cc1csc(/C=C/c2ccc3c(c2)OCO3)n1. The molecular formula is C14H11NO4S. The molecule has 1 aliphatic rings. The molecule has 0 unspecified atom stereocenters. The van der Waals surface area contributed by atoms with Gasteiger partial charge in [0.25, 0.3) is 0 Å². The monoisotopic (exact) mass is 289 g/mol. The standard InChI is InChI=1S/C14H11NO4S/c16-14(17)6-10-7-20-13(15-10)4-2-9-1-3-11-12(5-9)19-8-18-11/h1-5,7H,6,8H2,(H,16,17)/b4-2+. The van der Waals surface area contributed by atoms with E-state index in [1.165, 1.54) is 11.3 Å². The molecule has 0 bridgehead atoms. The highest BCUT2D eigenvalue weighted by molar-refractivity contribution is 7.10. The second-order valence-electron chi connectivity index (χ2n) is 4.19. The number of carboxylic acids is 1. The third-order valence-corrected chi connectivity index (χ3v) is 3.58. The number of carboxylic acid groups (broad SMARTS) is 1. The van der Waals surface area contributed by atoms with E-state index >= 15 is 0 Å². The lowest BCUT2D eigenvalue weighted by atomic mass is 10.2. The van der Waals surface area contributed by atoms with Crippen LogP contribution in [0.25, 0.3) is 12.2 Å². The predicted octanol–water partition coefficient (Wildman–Crippen LogP) is 2.67. The molecule has 0 spiro atoms. The summed E-state index contributed by atoms with van der Waals surface area (Å²) >= 11 is 1.42. The summed E-state index contributed by atoms with van der Waals surface area (Å²) in [6, 6.07) is 5.68. The fraction of sp³-hybridized carbons (Fsp3) is 0.143. The maximum atomic E-state index is 10.6. The van der Waals surface area contributed by atoms with Crippen LogP contribution >= 0.6 is 11.3 Å². The van der Waals surface area contributed by atoms with Gasteiger partial charge >= 0.3 is 5.97 Å². The largest absolute Gasteiger partial charge is 0.481 e. The van der Waals surface area contributed by atoms with E-state index in [-0.39, 0.29) is 13.2 Å². The molecule has 1 N–H and O–H groups in total. The minimum absolute atomic E-state index is 0.0473. The Kier molecular flexibility index (Phi) is 3.39. The number of aromatic nitrogens is 1. The van der Waals surface area contributed by atoms with Gasteiger partial charge in [0.1, 0.15) is 5.01 Å². The van der Waals surface area contributed by atoms with E-state index in [4.69, 9.17) is 14.6 Å². The summed E-state index contributed by atoms with van der Waals surface area (Å²) in [6.45, 7) is 0.257. The van der Waals surface area contributed by atoms with Crippen molar-refractivity contribution in [3.05, 3.63) is 39.8 Å². The van der Waals surface area contributed by atoms with Crippen molar-refractivity contribution in [2.45, 2.75) is 6.42 Å². The first-order valence-corrected chi connectivity index (χ1v) is 6.82. The molecule has 2 heterocycles. The number of ether oxygens (including phenoxy) is 2. The highest BCUT2D eigenvalue weighted by Gasteiger charge is 2.12. The van der Waals surface area contributed by atoms with Crippen LogP contribution in [0.5, 0.6) is 11.5 Å². The quantitative estimate of drug-likeness (QED) is 0.937. The third-order valence-electron chi connectivity index (χ3n) is 2.72. The molecule has 1 aliphatic heterocycles. The van der Waals surface area contributed by atoms with Crippen LogP contribution in [0.15, 0.2) is 23.6 Å². The van der Waals surface area contributed by atoms with Crippen LogP contribution in [0.4, 0.5) is 0 Å². The van der Waals surface area contributed by atoms with Crippen molar-refractivity contribution in [1.82, 2.24) is 4.98 Å². The van der Waals surface area contributed by atoms with Crippen molar-refractivity contribution >= 4 is 29.5 Å². The summed E-state index contributed by atoms with van der Waals surface area (Å²) in [7, 11) is 0. The van der Waals surface area contributed by atoms with Gasteiger partial charge in [-0.15, -0.1) is 11.3 Å². The average molecular weight is 289 g/mol. The third kappa shape index (κ3) is 2.80. The number of carbonyl (C=O) groups is 1. The number of hydrogen-bond donors (Lipinski definition) is 1. The predicted molar refractivity (Wildman–Crippen MR) is 74.9 cm³/mol. The Morgan fingerprint density at radius 1 is 1.35 bits per heavy atom. The van der Waals surface area contributed by atoms with Crippen molar-refractivity contribution in [2.24, 2.45) is 0 Å². The van der Waals surface area contributed by atoms with Gasteiger partial charge in [-0.25, -0.2) is 4.98 Å². The van der Waals surface area contributed by atoms with E-state index in [2.05, 4.69) is 4.98 Å². The van der Waals surface area contributed by atoms with E-state index in [9.17, 15) is 4.79 Å². The molecule has 6 heteroatoms. The Morgan fingerprint density at radius 2 is 2.20 bits per heavy atom. The Morgan fingerprint density at radius 3 is 3.05 bits per heavy atom. The van der Waals surface area contributed by atoms with Gasteiger partial charge in [-0.3, -0.25) is 4.79 Å². The summed E-state index contributed by atoms with van der Waals surface area (Å²) in [5, 5.41) is 11.2. The molecule has 20 heavy (non-hydrogen) atoms. The number of thiazole rings is 1. The minimum atomic E-state index is -0.874. The lowest BCUT2D eigenvalue weighted by Gasteiger charge is -1.96. The smallest absolute Gasteiger partial charge is 0.309 e. The van der Waals surface area contributed by atoms with Gasteiger partial charge in [0.2, 0.25) is 6.79 Å². The molecule has 3 rings (SSSR count). The van der Waals surface area contributed by atoms with Gasteiger partial charge in [0, 0.05) is 5.38 Å². The lowest BCUT2D eigenvalue weighted by Crippen LogP contribution is -1.99. The Hall–Kier alpha value is -2.34. The second-order valence-corrected chi connectivity index (χ2v) is 5.08. The molecule has 2 aromatic rings. The topological polar surface area (TPSA) is 68.7 Å². The number of hydrogen-bond acceptors (Lipinski definition) is 5. The van der Waals surface area contributed by atoms with Gasteiger partial charge in [-0.05, 0) is 23.8 Å². The van der Waals surface area contributed by atoms with Gasteiger partial charge in [0.15, 0.2) is 11.5 Å². The average Bonchev–Trinajstić information content (AvgIpc) is 3.03. The first-order chi connectivity index (χ1) is 9.70. The Labute approximate surface area is 119 Å². The van der Waals surface area contributed by atoms with Crippen LogP contribution in [0.3, 0.4) is 0 Å². The van der Waals surface area contributed by atoms with Gasteiger partial charge < -0.3 is 14.6 Å². The molecule has 0 saturated carbocycles. The molecule has 0 radical (unpaired) electrons. The van der Waals surface area contributed by atoms with E-state index in [1.807, 2.05) is 30.4 Å². The molecule has 0 aliphatic carbocycles. The van der Waals surface area contributed by atoms with E-state index in [0.29, 0.717) is 5.69 Å². The van der Waals surface area contributed by atoms with Crippen LogP contribution in [-0.2, 0) is 11.2 Å². The van der Waals surface area contributed by atoms with E-state index in [1.54, 1.807) is 5.38 Å². The van der Waals surface area contributed by atoms with Crippen molar-refractivity contribution in [3.63, 3.8) is 0 Å². The fourth-order valence-electron chi connectivity index (χ4n) is 1.82. The highest BCUT2D eigenvalue weighted by Crippen LogP contribution is 2.33. The molecule has 0 amide bonds. The molecule has 102 valence electrons. The number of rotatable bonds is 4. The van der Waals surface area contributed by atoms with Crippen molar-refractivity contribution in [2.75, 3.05) is 6.79 Å². The molecule has 1 aromatic carbocycles. The number of aliphatic carboxylic acids is 1. The maximum absolute atomic E-state index is 10.6. The zero-order valence-electron chi connectivity index (χ0n) is 10.4. The molecule has 1 aromatic heterocycles. The first kappa shape index (κ1) is 12.7. The fourth-order valence-corrected chi connectivity index (χ4v) is 2.53. The van der Waals surface area contributed by atoms with Crippen LogP contribution in [-0.4, -0.2) is 22.9 Å². The van der Waals surface area contributed by atoms with Crippen molar-refractivity contribution in [3.8, 4) is 11.5 Å². The molecule has 0 saturated heterocycles. The van der Waals surface area contributed by atoms with Crippen LogP contribution in [0.2, 0.25) is 0 Å². The number of benzene rings is 1. The maximum Gasteiger partial charge on any atom is 0.309 e. The van der Waals surface area contributed by atoms with Gasteiger partial charge in [-0.2, -0.15) is 0 Å². The normalized spacial score (nSPS) is 13.0. The van der Waals surface area contributed by atoms with Crippen molar-refractivity contribution in [1.29, 1.82) is 0 Å². The van der Waals surface area contributed by atoms with E-state index in [0.717, 1.165) is 22.1 Å². The van der Waals surface area contributed by atoms with Crippen molar-refractivity contribution < 1.29 is 19.4 Å². The first-order valence-electron chi connectivity index (χ1n) is 5.94. The second kappa shape index (κ2) is 5.34. The molecule has 5 nitrogen and oxygen atoms in total. The number of nitrogens with zero attached hydrogens (tertiary/aromatic N) is 1.